The van der Waals surface area contributed by atoms with Crippen molar-refractivity contribution >= 4 is 67.1 Å². The van der Waals surface area contributed by atoms with Crippen molar-refractivity contribution < 1.29 is 9.00 Å². The molecule has 0 saturated carbocycles. The van der Waals surface area contributed by atoms with Crippen LogP contribution in [0.2, 0.25) is 8.67 Å². The van der Waals surface area contributed by atoms with Crippen LogP contribution in [0.15, 0.2) is 39.7 Å². The number of Topliss-reactive ketones (excluding diaryl/α,β-unsaturated/α-hetero) is 1. The van der Waals surface area contributed by atoms with E-state index in [9.17, 15) is 9.00 Å². The number of hydrogen-bond acceptors (Lipinski definition) is 3. The summed E-state index contributed by atoms with van der Waals surface area (Å²) in [5, 5.41) is 0. The maximum absolute atomic E-state index is 12.1. The Bertz CT molecular complexity index is 638. The molecule has 1 unspecified atom stereocenters. The summed E-state index contributed by atoms with van der Waals surface area (Å²) in [5.74, 6) is -0.372. The third-order valence-electron chi connectivity index (χ3n) is 2.30. The number of carbonyl (C=O) groups is 1. The molecule has 0 spiro atoms. The Labute approximate surface area is 135 Å². The molecule has 1 aromatic heterocycles. The Hall–Kier alpha value is -0.200. The van der Waals surface area contributed by atoms with E-state index < -0.39 is 10.8 Å². The first-order chi connectivity index (χ1) is 8.97. The zero-order valence-corrected chi connectivity index (χ0v) is 14.1. The predicted molar refractivity (Wildman–Crippen MR) is 84.1 cm³/mol. The van der Waals surface area contributed by atoms with Gasteiger partial charge in [0.2, 0.25) is 0 Å². The predicted octanol–water partition coefficient (Wildman–Crippen LogP) is 4.81. The summed E-state index contributed by atoms with van der Waals surface area (Å²) in [4.78, 5) is 12.6. The molecule has 2 nitrogen and oxygen atoms in total. The van der Waals surface area contributed by atoms with Crippen LogP contribution in [-0.2, 0) is 10.8 Å². The third kappa shape index (κ3) is 3.89. The standard InChI is InChI=1S/C12H7BrCl2O2S2/c13-7-1-3-8(4-2-7)19(17)6-10(16)9-5-11(14)18-12(9)15/h1-5H,6H2. The molecule has 0 aliphatic rings. The molecule has 0 N–H and O–H groups in total. The van der Waals surface area contributed by atoms with E-state index in [1.165, 1.54) is 6.07 Å². The largest absolute Gasteiger partial charge is 0.293 e. The monoisotopic (exact) mass is 396 g/mol. The van der Waals surface area contributed by atoms with Crippen molar-refractivity contribution in [2.75, 3.05) is 5.75 Å². The molecule has 19 heavy (non-hydrogen) atoms. The van der Waals surface area contributed by atoms with Crippen LogP contribution in [0.25, 0.3) is 0 Å². The number of rotatable bonds is 4. The van der Waals surface area contributed by atoms with E-state index in [1.807, 2.05) is 0 Å². The molecule has 1 atom stereocenters. The summed E-state index contributed by atoms with van der Waals surface area (Å²) in [6.45, 7) is 0. The van der Waals surface area contributed by atoms with Crippen LogP contribution in [0.4, 0.5) is 0 Å². The first kappa shape index (κ1) is 15.2. The van der Waals surface area contributed by atoms with Gasteiger partial charge in [-0.2, -0.15) is 0 Å². The molecule has 2 rings (SSSR count). The summed E-state index contributed by atoms with van der Waals surface area (Å²) < 4.78 is 13.7. The third-order valence-corrected chi connectivity index (χ3v) is 5.63. The number of halogens is 3. The van der Waals surface area contributed by atoms with Gasteiger partial charge in [0.15, 0.2) is 5.78 Å². The Morgan fingerprint density at radius 1 is 1.26 bits per heavy atom. The van der Waals surface area contributed by atoms with Crippen molar-refractivity contribution in [2.45, 2.75) is 4.90 Å². The van der Waals surface area contributed by atoms with E-state index >= 15 is 0 Å². The summed E-state index contributed by atoms with van der Waals surface area (Å²) >= 11 is 16.1. The van der Waals surface area contributed by atoms with Crippen molar-refractivity contribution in [3.05, 3.63) is 49.0 Å². The van der Waals surface area contributed by atoms with Gasteiger partial charge in [-0.15, -0.1) is 11.3 Å². The number of benzene rings is 1. The molecule has 7 heteroatoms. The van der Waals surface area contributed by atoms with Gasteiger partial charge in [0, 0.05) is 14.9 Å². The molecule has 100 valence electrons. The van der Waals surface area contributed by atoms with Gasteiger partial charge >= 0.3 is 0 Å². The summed E-state index contributed by atoms with van der Waals surface area (Å²) in [6.07, 6.45) is 0. The number of ketones is 1. The molecule has 0 amide bonds. The fraction of sp³-hybridized carbons (Fsp3) is 0.0833. The highest BCUT2D eigenvalue weighted by Gasteiger charge is 2.17. The van der Waals surface area contributed by atoms with E-state index in [0.717, 1.165) is 15.8 Å². The minimum atomic E-state index is -1.39. The van der Waals surface area contributed by atoms with E-state index in [2.05, 4.69) is 15.9 Å². The van der Waals surface area contributed by atoms with Crippen LogP contribution in [0.5, 0.6) is 0 Å². The van der Waals surface area contributed by atoms with Gasteiger partial charge in [-0.1, -0.05) is 39.1 Å². The Morgan fingerprint density at radius 3 is 2.42 bits per heavy atom. The van der Waals surface area contributed by atoms with Gasteiger partial charge in [-0.25, -0.2) is 0 Å². The fourth-order valence-corrected chi connectivity index (χ4v) is 4.16. The normalized spacial score (nSPS) is 12.4. The average molecular weight is 398 g/mol. The molecular weight excluding hydrogens is 391 g/mol. The van der Waals surface area contributed by atoms with E-state index in [0.29, 0.717) is 19.1 Å². The molecule has 2 aromatic rings. The topological polar surface area (TPSA) is 34.1 Å². The van der Waals surface area contributed by atoms with Gasteiger partial charge in [0.05, 0.1) is 20.9 Å². The first-order valence-corrected chi connectivity index (χ1v) is 8.78. The van der Waals surface area contributed by atoms with Crippen LogP contribution in [0.3, 0.4) is 0 Å². The molecule has 0 saturated heterocycles. The van der Waals surface area contributed by atoms with Crippen molar-refractivity contribution in [3.8, 4) is 0 Å². The zero-order valence-electron chi connectivity index (χ0n) is 9.36. The van der Waals surface area contributed by atoms with Crippen molar-refractivity contribution in [2.24, 2.45) is 0 Å². The highest BCUT2D eigenvalue weighted by atomic mass is 79.9. The number of carbonyl (C=O) groups excluding carboxylic acids is 1. The molecule has 0 radical (unpaired) electrons. The minimum Gasteiger partial charge on any atom is -0.293 e. The molecule has 0 aliphatic heterocycles. The molecule has 0 fully saturated rings. The molecule has 1 aromatic carbocycles. The molecule has 0 aliphatic carbocycles. The maximum atomic E-state index is 12.1. The van der Waals surface area contributed by atoms with Gasteiger partial charge in [-0.3, -0.25) is 9.00 Å². The average Bonchev–Trinajstić information content (AvgIpc) is 2.69. The molecule has 1 heterocycles. The quantitative estimate of drug-likeness (QED) is 0.693. The van der Waals surface area contributed by atoms with Gasteiger partial charge in [-0.05, 0) is 30.3 Å². The van der Waals surface area contributed by atoms with E-state index in [-0.39, 0.29) is 11.5 Å². The minimum absolute atomic E-state index is 0.103. The Kier molecular flexibility index (Phi) is 5.20. The van der Waals surface area contributed by atoms with Crippen LogP contribution in [-0.4, -0.2) is 15.7 Å². The lowest BCUT2D eigenvalue weighted by molar-refractivity contribution is 0.102. The highest BCUT2D eigenvalue weighted by molar-refractivity contribution is 9.10. The van der Waals surface area contributed by atoms with Gasteiger partial charge in [0.1, 0.15) is 4.34 Å². The smallest absolute Gasteiger partial charge is 0.178 e. The first-order valence-electron chi connectivity index (χ1n) is 5.09. The second-order valence-corrected chi connectivity index (χ2v) is 8.26. The van der Waals surface area contributed by atoms with Crippen LogP contribution in [0.1, 0.15) is 10.4 Å². The SMILES string of the molecule is O=C(CS(=O)c1ccc(Br)cc1)c1cc(Cl)sc1Cl. The van der Waals surface area contributed by atoms with Crippen LogP contribution >= 0.6 is 50.5 Å². The number of thiophene rings is 1. The van der Waals surface area contributed by atoms with Gasteiger partial charge in [0.25, 0.3) is 0 Å². The van der Waals surface area contributed by atoms with Crippen LogP contribution in [0, 0.1) is 0 Å². The maximum Gasteiger partial charge on any atom is 0.178 e. The molecular formula is C12H7BrCl2O2S2. The van der Waals surface area contributed by atoms with Crippen molar-refractivity contribution in [3.63, 3.8) is 0 Å². The Balaban J connectivity index is 2.13. The van der Waals surface area contributed by atoms with Crippen LogP contribution < -0.4 is 0 Å². The van der Waals surface area contributed by atoms with E-state index in [4.69, 9.17) is 23.2 Å². The lowest BCUT2D eigenvalue weighted by Crippen LogP contribution is -2.10. The van der Waals surface area contributed by atoms with Gasteiger partial charge < -0.3 is 0 Å². The fourth-order valence-electron chi connectivity index (χ4n) is 1.40. The van der Waals surface area contributed by atoms with Crippen molar-refractivity contribution in [1.29, 1.82) is 0 Å². The lowest BCUT2D eigenvalue weighted by Gasteiger charge is -2.01. The summed E-state index contributed by atoms with van der Waals surface area (Å²) in [7, 11) is -1.39. The second kappa shape index (κ2) is 6.50. The van der Waals surface area contributed by atoms with E-state index in [1.54, 1.807) is 24.3 Å². The van der Waals surface area contributed by atoms with Crippen molar-refractivity contribution in [1.82, 2.24) is 0 Å². The summed E-state index contributed by atoms with van der Waals surface area (Å²) in [6, 6.07) is 8.51. The zero-order chi connectivity index (χ0) is 14.0. The highest BCUT2D eigenvalue weighted by Crippen LogP contribution is 2.31. The summed E-state index contributed by atoms with van der Waals surface area (Å²) in [5.41, 5.74) is 0.335. The molecule has 0 bridgehead atoms. The lowest BCUT2D eigenvalue weighted by atomic mass is 10.2. The Morgan fingerprint density at radius 2 is 1.89 bits per heavy atom. The number of hydrogen-bond donors (Lipinski definition) is 0. The second-order valence-electron chi connectivity index (χ2n) is 3.60.